The van der Waals surface area contributed by atoms with E-state index >= 15 is 0 Å². The molecule has 2 N–H and O–H groups in total. The molecule has 19 heavy (non-hydrogen) atoms. The van der Waals surface area contributed by atoms with E-state index in [1.807, 2.05) is 6.92 Å². The summed E-state index contributed by atoms with van der Waals surface area (Å²) in [6, 6.07) is -0.146. The number of aliphatic hydroxyl groups is 1. The zero-order chi connectivity index (χ0) is 14.0. The molecule has 4 nitrogen and oxygen atoms in total. The van der Waals surface area contributed by atoms with Gasteiger partial charge >= 0.3 is 0 Å². The molecule has 0 aliphatic heterocycles. The van der Waals surface area contributed by atoms with Crippen molar-refractivity contribution in [3.63, 3.8) is 0 Å². The van der Waals surface area contributed by atoms with Gasteiger partial charge in [-0.15, -0.1) is 11.3 Å². The smallest absolute Gasteiger partial charge is 0.265 e. The Hall–Kier alpha value is -0.590. The van der Waals surface area contributed by atoms with Gasteiger partial charge in [0.2, 0.25) is 0 Å². The van der Waals surface area contributed by atoms with Crippen LogP contribution in [0.25, 0.3) is 0 Å². The average Bonchev–Trinajstić information content (AvgIpc) is 2.68. The van der Waals surface area contributed by atoms with Crippen molar-refractivity contribution in [2.75, 3.05) is 7.11 Å². The van der Waals surface area contributed by atoms with Gasteiger partial charge in [-0.3, -0.25) is 4.79 Å². The van der Waals surface area contributed by atoms with E-state index in [4.69, 9.17) is 4.74 Å². The third kappa shape index (κ3) is 3.12. The summed E-state index contributed by atoms with van der Waals surface area (Å²) in [6.45, 7) is 1.93. The Kier molecular flexibility index (Phi) is 4.86. The number of hydrogen-bond donors (Lipinski definition) is 2. The standard InChI is InChI=1S/C13H18BrNO3S/c1-7-10(14)11(18-2)12(19-7)13(17)15-8-5-3-4-6-9(8)16/h8-9,16H,3-6H2,1-2H3,(H,15,17). The van der Waals surface area contributed by atoms with E-state index in [2.05, 4.69) is 21.2 Å². The van der Waals surface area contributed by atoms with Gasteiger partial charge in [0.05, 0.1) is 23.7 Å². The van der Waals surface area contributed by atoms with Gasteiger partial charge in [0.25, 0.3) is 5.91 Å². The fourth-order valence-electron chi connectivity index (χ4n) is 2.35. The molecule has 6 heteroatoms. The second-order valence-electron chi connectivity index (χ2n) is 4.77. The summed E-state index contributed by atoms with van der Waals surface area (Å²) >= 11 is 4.82. The van der Waals surface area contributed by atoms with Gasteiger partial charge in [-0.25, -0.2) is 0 Å². The van der Waals surface area contributed by atoms with E-state index in [0.29, 0.717) is 10.6 Å². The van der Waals surface area contributed by atoms with Crippen molar-refractivity contribution in [1.82, 2.24) is 5.32 Å². The monoisotopic (exact) mass is 347 g/mol. The Morgan fingerprint density at radius 3 is 2.79 bits per heavy atom. The number of carbonyl (C=O) groups is 1. The number of amides is 1. The number of nitrogens with one attached hydrogen (secondary N) is 1. The van der Waals surface area contributed by atoms with Gasteiger partial charge in [-0.2, -0.15) is 0 Å². The zero-order valence-corrected chi connectivity index (χ0v) is 13.4. The summed E-state index contributed by atoms with van der Waals surface area (Å²) in [6.07, 6.45) is 3.23. The molecule has 0 radical (unpaired) electrons. The third-order valence-corrected chi connectivity index (χ3v) is 5.73. The highest BCUT2D eigenvalue weighted by molar-refractivity contribution is 9.10. The maximum absolute atomic E-state index is 12.3. The lowest BCUT2D eigenvalue weighted by Gasteiger charge is -2.28. The molecule has 1 amide bonds. The van der Waals surface area contributed by atoms with Gasteiger partial charge in [0, 0.05) is 4.88 Å². The molecule has 2 atom stereocenters. The maximum Gasteiger partial charge on any atom is 0.265 e. The molecule has 0 spiro atoms. The van der Waals surface area contributed by atoms with Crippen molar-refractivity contribution in [3.05, 3.63) is 14.2 Å². The molecule has 2 unspecified atom stereocenters. The van der Waals surface area contributed by atoms with Gasteiger partial charge in [-0.05, 0) is 35.7 Å². The Morgan fingerprint density at radius 2 is 2.16 bits per heavy atom. The second-order valence-corrected chi connectivity index (χ2v) is 6.78. The first-order valence-electron chi connectivity index (χ1n) is 6.36. The molecule has 0 bridgehead atoms. The molecule has 1 aromatic rings. The molecule has 1 saturated carbocycles. The van der Waals surface area contributed by atoms with Crippen LogP contribution in [0.4, 0.5) is 0 Å². The Morgan fingerprint density at radius 1 is 1.47 bits per heavy atom. The zero-order valence-electron chi connectivity index (χ0n) is 11.0. The molecule has 0 aromatic carbocycles. The molecule has 1 aliphatic rings. The number of rotatable bonds is 3. The Balaban J connectivity index is 2.13. The van der Waals surface area contributed by atoms with Crippen LogP contribution in [0, 0.1) is 6.92 Å². The first-order valence-corrected chi connectivity index (χ1v) is 7.97. The van der Waals surface area contributed by atoms with E-state index in [-0.39, 0.29) is 11.9 Å². The van der Waals surface area contributed by atoms with Gasteiger partial charge < -0.3 is 15.2 Å². The van der Waals surface area contributed by atoms with Gasteiger partial charge in [-0.1, -0.05) is 12.8 Å². The van der Waals surface area contributed by atoms with E-state index in [1.165, 1.54) is 11.3 Å². The van der Waals surface area contributed by atoms with Crippen LogP contribution < -0.4 is 10.1 Å². The quantitative estimate of drug-likeness (QED) is 0.883. The van der Waals surface area contributed by atoms with Crippen molar-refractivity contribution in [2.45, 2.75) is 44.8 Å². The minimum atomic E-state index is -0.437. The molecule has 0 saturated heterocycles. The van der Waals surface area contributed by atoms with Crippen LogP contribution in [-0.4, -0.2) is 30.3 Å². The highest BCUT2D eigenvalue weighted by Crippen LogP contribution is 2.39. The van der Waals surface area contributed by atoms with E-state index in [1.54, 1.807) is 7.11 Å². The van der Waals surface area contributed by atoms with Crippen LogP contribution in [-0.2, 0) is 0 Å². The number of thiophene rings is 1. The number of carbonyl (C=O) groups excluding carboxylic acids is 1. The molecule has 1 aromatic heterocycles. The summed E-state index contributed by atoms with van der Waals surface area (Å²) in [7, 11) is 1.55. The summed E-state index contributed by atoms with van der Waals surface area (Å²) in [4.78, 5) is 13.9. The lowest BCUT2D eigenvalue weighted by atomic mass is 9.92. The molecule has 1 fully saturated rings. The van der Waals surface area contributed by atoms with Crippen molar-refractivity contribution >= 4 is 33.2 Å². The van der Waals surface area contributed by atoms with E-state index in [9.17, 15) is 9.90 Å². The van der Waals surface area contributed by atoms with Crippen molar-refractivity contribution in [2.24, 2.45) is 0 Å². The fraction of sp³-hybridized carbons (Fsp3) is 0.615. The average molecular weight is 348 g/mol. The third-order valence-electron chi connectivity index (χ3n) is 3.43. The predicted octanol–water partition coefficient (Wildman–Crippen LogP) is 2.86. The van der Waals surface area contributed by atoms with Gasteiger partial charge in [0.15, 0.2) is 5.75 Å². The maximum atomic E-state index is 12.3. The summed E-state index contributed by atoms with van der Waals surface area (Å²) in [5, 5.41) is 12.8. The fourth-order valence-corrected chi connectivity index (χ4v) is 4.00. The highest BCUT2D eigenvalue weighted by Gasteiger charge is 2.27. The summed E-state index contributed by atoms with van der Waals surface area (Å²) in [5.74, 6) is 0.409. The molecule has 106 valence electrons. The van der Waals surface area contributed by atoms with Crippen LogP contribution in [0.2, 0.25) is 0 Å². The molecule has 2 rings (SSSR count). The number of aliphatic hydroxyl groups excluding tert-OH is 1. The van der Waals surface area contributed by atoms with Crippen LogP contribution in [0.3, 0.4) is 0 Å². The second kappa shape index (κ2) is 6.24. The van der Waals surface area contributed by atoms with Gasteiger partial charge in [0.1, 0.15) is 4.88 Å². The van der Waals surface area contributed by atoms with Crippen LogP contribution in [0.15, 0.2) is 4.47 Å². The Bertz CT molecular complexity index is 475. The van der Waals surface area contributed by atoms with E-state index in [0.717, 1.165) is 35.0 Å². The Labute approximate surface area is 125 Å². The number of aryl methyl sites for hydroxylation is 1. The minimum Gasteiger partial charge on any atom is -0.494 e. The summed E-state index contributed by atoms with van der Waals surface area (Å²) in [5.41, 5.74) is 0. The lowest BCUT2D eigenvalue weighted by Crippen LogP contribution is -2.44. The van der Waals surface area contributed by atoms with Crippen molar-refractivity contribution < 1.29 is 14.6 Å². The number of ether oxygens (including phenoxy) is 1. The molecule has 1 heterocycles. The normalized spacial score (nSPS) is 23.2. The molecule has 1 aliphatic carbocycles. The van der Waals surface area contributed by atoms with Crippen molar-refractivity contribution in [1.29, 1.82) is 0 Å². The first kappa shape index (κ1) is 14.8. The highest BCUT2D eigenvalue weighted by atomic mass is 79.9. The minimum absolute atomic E-state index is 0.146. The molecular weight excluding hydrogens is 330 g/mol. The lowest BCUT2D eigenvalue weighted by molar-refractivity contribution is 0.0718. The van der Waals surface area contributed by atoms with Crippen LogP contribution in [0.1, 0.15) is 40.2 Å². The molecular formula is C13H18BrNO3S. The number of methoxy groups -OCH3 is 1. The number of hydrogen-bond acceptors (Lipinski definition) is 4. The SMILES string of the molecule is COc1c(C(=O)NC2CCCCC2O)sc(C)c1Br. The van der Waals surface area contributed by atoms with Crippen LogP contribution in [0.5, 0.6) is 5.75 Å². The largest absolute Gasteiger partial charge is 0.494 e. The van der Waals surface area contributed by atoms with Crippen LogP contribution >= 0.6 is 27.3 Å². The number of halogens is 1. The topological polar surface area (TPSA) is 58.6 Å². The van der Waals surface area contributed by atoms with E-state index < -0.39 is 6.10 Å². The van der Waals surface area contributed by atoms with Crippen molar-refractivity contribution in [3.8, 4) is 5.75 Å². The summed E-state index contributed by atoms with van der Waals surface area (Å²) < 4.78 is 6.10. The first-order chi connectivity index (χ1) is 9.04. The predicted molar refractivity (Wildman–Crippen MR) is 79.0 cm³/mol.